The highest BCUT2D eigenvalue weighted by atomic mass is 32.1. The van der Waals surface area contributed by atoms with Gasteiger partial charge in [-0.15, -0.1) is 11.3 Å². The lowest BCUT2D eigenvalue weighted by atomic mass is 9.87. The molecule has 1 aromatic heterocycles. The Balaban J connectivity index is 1.59. The van der Waals surface area contributed by atoms with Gasteiger partial charge in [0.15, 0.2) is 22.5 Å². The average Bonchev–Trinajstić information content (AvgIpc) is 3.46. The normalized spacial score (nSPS) is 26.3. The van der Waals surface area contributed by atoms with E-state index in [1.54, 1.807) is 16.5 Å². The minimum Gasteiger partial charge on any atom is -0.481 e. The second kappa shape index (κ2) is 10.3. The van der Waals surface area contributed by atoms with Crippen molar-refractivity contribution in [1.82, 2.24) is 15.2 Å². The Morgan fingerprint density at radius 2 is 2.05 bits per heavy atom. The lowest BCUT2D eigenvalue weighted by Crippen LogP contribution is -2.50. The van der Waals surface area contributed by atoms with Crippen LogP contribution >= 0.6 is 11.3 Å². The predicted octanol–water partition coefficient (Wildman–Crippen LogP) is 4.21. The number of hydrogen-bond donors (Lipinski definition) is 2. The number of alkyl halides is 2. The molecule has 13 heteroatoms. The number of halogens is 4. The number of piperidine rings is 1. The zero-order valence-electron chi connectivity index (χ0n) is 21.1. The number of thiazole rings is 1. The van der Waals surface area contributed by atoms with Crippen molar-refractivity contribution >= 4 is 29.1 Å². The highest BCUT2D eigenvalue weighted by Crippen LogP contribution is 2.49. The number of fused-ring (bicyclic) bond motifs is 2. The second-order valence-corrected chi connectivity index (χ2v) is 10.9. The van der Waals surface area contributed by atoms with Crippen molar-refractivity contribution in [3.8, 4) is 0 Å². The number of aliphatic imine (C=N–C) groups is 1. The number of aliphatic carboxylic acids is 1. The number of carbonyl (C=O) groups excluding carboxylic acids is 1. The Morgan fingerprint density at radius 3 is 2.69 bits per heavy atom. The summed E-state index contributed by atoms with van der Waals surface area (Å²) in [6.45, 7) is 1.26. The SMILES string of the molecule is COC(=O)C1=C(CN2[C@H]3C[C@H](CC(=O)O)C[C@H]2C(F)(F)C3)NC(c2nccs2)=N[C@H]1c1ccc(F)c(F)c1C. The summed E-state index contributed by atoms with van der Waals surface area (Å²) in [4.78, 5) is 34.9. The topological polar surface area (TPSA) is 104 Å². The molecule has 3 aliphatic heterocycles. The molecule has 208 valence electrons. The zero-order valence-corrected chi connectivity index (χ0v) is 21.9. The average molecular weight is 567 g/mol. The number of nitrogens with zero attached hydrogens (tertiary/aromatic N) is 3. The molecular formula is C26H26F4N4O4S. The van der Waals surface area contributed by atoms with Gasteiger partial charge in [-0.25, -0.2) is 27.3 Å². The van der Waals surface area contributed by atoms with Crippen LogP contribution in [0, 0.1) is 24.5 Å². The molecule has 0 radical (unpaired) electrons. The summed E-state index contributed by atoms with van der Waals surface area (Å²) in [5.74, 6) is -7.14. The van der Waals surface area contributed by atoms with E-state index >= 15 is 8.78 Å². The highest BCUT2D eigenvalue weighted by molar-refractivity contribution is 7.11. The molecule has 0 amide bonds. The number of esters is 1. The van der Waals surface area contributed by atoms with Crippen LogP contribution in [0.5, 0.6) is 0 Å². The molecule has 4 atom stereocenters. The summed E-state index contributed by atoms with van der Waals surface area (Å²) >= 11 is 1.25. The molecular weight excluding hydrogens is 540 g/mol. The van der Waals surface area contributed by atoms with Crippen molar-refractivity contribution in [3.05, 3.63) is 62.7 Å². The molecule has 39 heavy (non-hydrogen) atoms. The molecule has 0 unspecified atom stereocenters. The molecule has 5 rings (SSSR count). The summed E-state index contributed by atoms with van der Waals surface area (Å²) in [6.07, 6.45) is 1.21. The molecule has 2 bridgehead atoms. The van der Waals surface area contributed by atoms with Gasteiger partial charge in [0.1, 0.15) is 6.04 Å². The molecule has 2 N–H and O–H groups in total. The van der Waals surface area contributed by atoms with E-state index in [0.717, 1.165) is 13.2 Å². The van der Waals surface area contributed by atoms with Gasteiger partial charge in [0.25, 0.3) is 5.92 Å². The van der Waals surface area contributed by atoms with E-state index in [9.17, 15) is 23.5 Å². The largest absolute Gasteiger partial charge is 0.481 e. The molecule has 1 aromatic carbocycles. The van der Waals surface area contributed by atoms with E-state index in [1.807, 2.05) is 0 Å². The van der Waals surface area contributed by atoms with E-state index < -0.39 is 54.0 Å². The zero-order chi connectivity index (χ0) is 28.1. The Morgan fingerprint density at radius 1 is 1.28 bits per heavy atom. The fourth-order valence-electron chi connectivity index (χ4n) is 5.93. The Kier molecular flexibility index (Phi) is 7.23. The maximum atomic E-state index is 15.1. The van der Waals surface area contributed by atoms with Crippen LogP contribution in [0.4, 0.5) is 17.6 Å². The number of benzene rings is 1. The maximum Gasteiger partial charge on any atom is 0.338 e. The summed E-state index contributed by atoms with van der Waals surface area (Å²) in [7, 11) is 1.16. The van der Waals surface area contributed by atoms with Crippen molar-refractivity contribution in [2.45, 2.75) is 56.7 Å². The Bertz CT molecular complexity index is 1360. The Labute approximate surface area is 225 Å². The number of methoxy groups -OCH3 is 1. The first-order valence-corrected chi connectivity index (χ1v) is 13.2. The smallest absolute Gasteiger partial charge is 0.338 e. The van der Waals surface area contributed by atoms with Crippen LogP contribution in [0.2, 0.25) is 0 Å². The minimum absolute atomic E-state index is 0.00419. The lowest BCUT2D eigenvalue weighted by molar-refractivity contribution is -0.139. The molecule has 0 saturated carbocycles. The molecule has 8 nitrogen and oxygen atoms in total. The van der Waals surface area contributed by atoms with Gasteiger partial charge < -0.3 is 15.2 Å². The van der Waals surface area contributed by atoms with Crippen LogP contribution in [-0.2, 0) is 14.3 Å². The summed E-state index contributed by atoms with van der Waals surface area (Å²) < 4.78 is 63.8. The maximum absolute atomic E-state index is 15.1. The van der Waals surface area contributed by atoms with Crippen LogP contribution in [0.25, 0.3) is 0 Å². The van der Waals surface area contributed by atoms with Gasteiger partial charge in [-0.3, -0.25) is 14.7 Å². The summed E-state index contributed by atoms with van der Waals surface area (Å²) in [5.41, 5.74) is 0.393. The van der Waals surface area contributed by atoms with E-state index in [2.05, 4.69) is 15.3 Å². The van der Waals surface area contributed by atoms with Crippen molar-refractivity contribution < 1.29 is 37.0 Å². The third-order valence-corrected chi connectivity index (χ3v) is 8.45. The molecule has 3 aliphatic rings. The number of hydrogen-bond acceptors (Lipinski definition) is 8. The standard InChI is InChI=1S/C26H26F4N4O4S/c1-12-15(3-4-16(27)21(12)28)22-20(25(37)38-2)17(32-23(33-22)24-31-5-6-39-24)11-34-14-7-13(9-19(35)36)8-18(34)26(29,30)10-14/h3-6,13-14,18,22H,7-11H2,1-2H3,(H,32,33)(H,35,36)/t13-,14-,18-,22-/m0/s1. The minimum atomic E-state index is -3.04. The van der Waals surface area contributed by atoms with Gasteiger partial charge in [0, 0.05) is 42.7 Å². The molecule has 2 fully saturated rings. The summed E-state index contributed by atoms with van der Waals surface area (Å²) in [6, 6.07) is -0.671. The van der Waals surface area contributed by atoms with Gasteiger partial charge >= 0.3 is 11.9 Å². The second-order valence-electron chi connectivity index (χ2n) is 10.0. The molecule has 0 aliphatic carbocycles. The Hall–Kier alpha value is -3.32. The number of ether oxygens (including phenoxy) is 1. The van der Waals surface area contributed by atoms with Crippen LogP contribution in [-0.4, -0.2) is 64.4 Å². The lowest BCUT2D eigenvalue weighted by Gasteiger charge is -2.40. The van der Waals surface area contributed by atoms with Crippen molar-refractivity contribution in [2.75, 3.05) is 13.7 Å². The number of carboxylic acids is 1. The highest BCUT2D eigenvalue weighted by Gasteiger charge is 2.57. The van der Waals surface area contributed by atoms with Gasteiger partial charge in [-0.05, 0) is 42.9 Å². The van der Waals surface area contributed by atoms with E-state index in [1.165, 1.54) is 24.3 Å². The molecule has 4 heterocycles. The van der Waals surface area contributed by atoms with Gasteiger partial charge in [0.2, 0.25) is 0 Å². The first-order valence-electron chi connectivity index (χ1n) is 12.4. The van der Waals surface area contributed by atoms with Crippen LogP contribution < -0.4 is 5.32 Å². The number of nitrogens with one attached hydrogen (secondary N) is 1. The predicted molar refractivity (Wildman–Crippen MR) is 133 cm³/mol. The first kappa shape index (κ1) is 27.3. The summed E-state index contributed by atoms with van der Waals surface area (Å²) in [5, 5.41) is 14.5. The number of carboxylic acid groups (broad SMARTS) is 1. The molecule has 2 aromatic rings. The monoisotopic (exact) mass is 566 g/mol. The van der Waals surface area contributed by atoms with Crippen LogP contribution in [0.1, 0.15) is 47.9 Å². The number of aromatic nitrogens is 1. The number of carbonyl (C=O) groups is 2. The third kappa shape index (κ3) is 5.05. The van der Waals surface area contributed by atoms with E-state index in [0.29, 0.717) is 5.01 Å². The number of amidine groups is 1. The molecule has 0 spiro atoms. The van der Waals surface area contributed by atoms with Crippen molar-refractivity contribution in [1.29, 1.82) is 0 Å². The molecule has 2 saturated heterocycles. The van der Waals surface area contributed by atoms with Gasteiger partial charge in [-0.2, -0.15) is 0 Å². The first-order chi connectivity index (χ1) is 18.5. The fraction of sp³-hybridized carbons (Fsp3) is 0.462. The quantitative estimate of drug-likeness (QED) is 0.382. The van der Waals surface area contributed by atoms with Crippen LogP contribution in [0.3, 0.4) is 0 Å². The van der Waals surface area contributed by atoms with Gasteiger partial charge in [0.05, 0.1) is 18.7 Å². The van der Waals surface area contributed by atoms with E-state index in [4.69, 9.17) is 4.74 Å². The van der Waals surface area contributed by atoms with Crippen molar-refractivity contribution in [3.63, 3.8) is 0 Å². The van der Waals surface area contributed by atoms with E-state index in [-0.39, 0.29) is 60.0 Å². The fourth-order valence-corrected chi connectivity index (χ4v) is 6.52. The number of rotatable bonds is 7. The van der Waals surface area contributed by atoms with Gasteiger partial charge in [-0.1, -0.05) is 6.07 Å². The van der Waals surface area contributed by atoms with Crippen LogP contribution in [0.15, 0.2) is 40.0 Å². The third-order valence-electron chi connectivity index (χ3n) is 7.67. The van der Waals surface area contributed by atoms with Crippen molar-refractivity contribution in [2.24, 2.45) is 10.9 Å².